The molecule has 0 aromatic carbocycles. The summed E-state index contributed by atoms with van der Waals surface area (Å²) in [6.07, 6.45) is 5.68. The number of unbranched alkanes of at least 4 members (excludes halogenated alkanes) is 2. The molecule has 2 saturated heterocycles. The molecule has 0 N–H and O–H groups in total. The molecule has 0 aliphatic carbocycles. The summed E-state index contributed by atoms with van der Waals surface area (Å²) in [5.41, 5.74) is 0. The van der Waals surface area contributed by atoms with Crippen molar-refractivity contribution in [1.82, 2.24) is 9.80 Å². The zero-order valence-corrected chi connectivity index (χ0v) is 18.3. The lowest BCUT2D eigenvalue weighted by Crippen LogP contribution is -2.54. The fraction of sp³-hybridized carbons (Fsp3) is 0.818. The van der Waals surface area contributed by atoms with E-state index in [1.807, 2.05) is 13.8 Å². The van der Waals surface area contributed by atoms with Crippen LogP contribution >= 0.6 is 0 Å². The van der Waals surface area contributed by atoms with Crippen LogP contribution in [0, 0.1) is 11.8 Å². The van der Waals surface area contributed by atoms with Gasteiger partial charge in [0.1, 0.15) is 6.29 Å². The summed E-state index contributed by atoms with van der Waals surface area (Å²) in [7, 11) is 0. The van der Waals surface area contributed by atoms with Gasteiger partial charge in [-0.3, -0.25) is 9.69 Å². The Morgan fingerprint density at radius 3 is 2.27 bits per heavy atom. The fourth-order valence-corrected chi connectivity index (χ4v) is 4.03. The molecular formula is C22H36N2O6. The Kier molecular flexibility index (Phi) is 10.1. The Hall–Kier alpha value is -2.12. The molecule has 0 aromatic heterocycles. The van der Waals surface area contributed by atoms with Crippen molar-refractivity contribution in [3.8, 4) is 0 Å². The van der Waals surface area contributed by atoms with Gasteiger partial charge in [0, 0.05) is 31.5 Å². The molecule has 170 valence electrons. The van der Waals surface area contributed by atoms with E-state index in [-0.39, 0.29) is 23.7 Å². The van der Waals surface area contributed by atoms with Crippen molar-refractivity contribution < 1.29 is 28.7 Å². The first kappa shape index (κ1) is 24.2. The van der Waals surface area contributed by atoms with Gasteiger partial charge in [-0.15, -0.1) is 0 Å². The van der Waals surface area contributed by atoms with E-state index in [2.05, 4.69) is 0 Å². The maximum absolute atomic E-state index is 13.3. The SMILES string of the molecule is CCCCOC(=O)N1CCCC(C(=O)C2CC(C=O)CCN2C(=O)OCCCC)C1. The van der Waals surface area contributed by atoms with Crippen LogP contribution in [0.25, 0.3) is 0 Å². The summed E-state index contributed by atoms with van der Waals surface area (Å²) >= 11 is 0. The molecule has 0 radical (unpaired) electrons. The summed E-state index contributed by atoms with van der Waals surface area (Å²) in [5, 5.41) is 0. The van der Waals surface area contributed by atoms with Crippen LogP contribution in [0.3, 0.4) is 0 Å². The molecule has 2 fully saturated rings. The molecule has 3 atom stereocenters. The second-order valence-corrected chi connectivity index (χ2v) is 8.25. The topological polar surface area (TPSA) is 93.2 Å². The molecule has 2 amide bonds. The second kappa shape index (κ2) is 12.5. The van der Waals surface area contributed by atoms with Crippen LogP contribution in [0.5, 0.6) is 0 Å². The highest BCUT2D eigenvalue weighted by Gasteiger charge is 2.41. The number of piperidine rings is 2. The Labute approximate surface area is 179 Å². The van der Waals surface area contributed by atoms with Gasteiger partial charge in [-0.2, -0.15) is 0 Å². The van der Waals surface area contributed by atoms with Crippen LogP contribution in [0.15, 0.2) is 0 Å². The van der Waals surface area contributed by atoms with Crippen LogP contribution in [0.1, 0.15) is 65.2 Å². The predicted octanol–water partition coefficient (Wildman–Crippen LogP) is 3.42. The molecule has 0 bridgehead atoms. The average molecular weight is 425 g/mol. The smallest absolute Gasteiger partial charge is 0.410 e. The highest BCUT2D eigenvalue weighted by molar-refractivity contribution is 5.90. The normalized spacial score (nSPS) is 24.3. The number of ether oxygens (including phenoxy) is 2. The maximum atomic E-state index is 13.3. The van der Waals surface area contributed by atoms with E-state index in [0.717, 1.165) is 32.0 Å². The minimum atomic E-state index is -0.677. The molecular weight excluding hydrogens is 388 g/mol. The first-order valence-electron chi connectivity index (χ1n) is 11.4. The van der Waals surface area contributed by atoms with Crippen LogP contribution < -0.4 is 0 Å². The third-order valence-electron chi connectivity index (χ3n) is 5.93. The van der Waals surface area contributed by atoms with Gasteiger partial charge in [-0.25, -0.2) is 9.59 Å². The summed E-state index contributed by atoms with van der Waals surface area (Å²) in [6.45, 7) is 5.94. The number of carbonyl (C=O) groups is 4. The Morgan fingerprint density at radius 2 is 1.63 bits per heavy atom. The number of ketones is 1. The van der Waals surface area contributed by atoms with Crippen molar-refractivity contribution in [3.05, 3.63) is 0 Å². The van der Waals surface area contributed by atoms with Crippen molar-refractivity contribution in [1.29, 1.82) is 0 Å². The van der Waals surface area contributed by atoms with E-state index in [9.17, 15) is 19.2 Å². The lowest BCUT2D eigenvalue weighted by Gasteiger charge is -2.39. The first-order valence-corrected chi connectivity index (χ1v) is 11.4. The van der Waals surface area contributed by atoms with Crippen LogP contribution in [0.4, 0.5) is 9.59 Å². The average Bonchev–Trinajstić information content (AvgIpc) is 2.78. The van der Waals surface area contributed by atoms with E-state index < -0.39 is 12.1 Å². The molecule has 0 aromatic rings. The summed E-state index contributed by atoms with van der Waals surface area (Å²) in [6, 6.07) is -0.677. The molecule has 2 aliphatic rings. The summed E-state index contributed by atoms with van der Waals surface area (Å²) < 4.78 is 10.6. The standard InChI is InChI=1S/C22H36N2O6/c1-3-5-12-29-21(27)23-10-7-8-18(15-23)20(26)19-14-17(16-25)9-11-24(19)22(28)30-13-6-4-2/h16-19H,3-15H2,1-2H3. The van der Waals surface area contributed by atoms with Crippen LogP contribution in [-0.2, 0) is 19.1 Å². The number of rotatable bonds is 9. The highest BCUT2D eigenvalue weighted by atomic mass is 16.6. The molecule has 8 nitrogen and oxygen atoms in total. The lowest BCUT2D eigenvalue weighted by atomic mass is 9.83. The number of likely N-dealkylation sites (tertiary alicyclic amines) is 2. The van der Waals surface area contributed by atoms with Crippen molar-refractivity contribution in [2.75, 3.05) is 32.8 Å². The van der Waals surface area contributed by atoms with E-state index in [1.54, 1.807) is 4.90 Å². The molecule has 0 spiro atoms. The Bertz CT molecular complexity index is 596. The van der Waals surface area contributed by atoms with Gasteiger partial charge in [0.15, 0.2) is 5.78 Å². The van der Waals surface area contributed by atoms with E-state index >= 15 is 0 Å². The Balaban J connectivity index is 2.02. The maximum Gasteiger partial charge on any atom is 0.410 e. The number of Topliss-reactive ketones (excluding diaryl/α,β-unsaturated/α-hetero) is 1. The fourth-order valence-electron chi connectivity index (χ4n) is 4.03. The van der Waals surface area contributed by atoms with Crippen molar-refractivity contribution in [2.24, 2.45) is 11.8 Å². The van der Waals surface area contributed by atoms with Gasteiger partial charge in [-0.1, -0.05) is 26.7 Å². The molecule has 2 rings (SSSR count). The molecule has 2 heterocycles. The number of aldehydes is 1. The van der Waals surface area contributed by atoms with E-state index in [1.165, 1.54) is 4.90 Å². The van der Waals surface area contributed by atoms with Gasteiger partial charge in [0.2, 0.25) is 0 Å². The predicted molar refractivity (Wildman–Crippen MR) is 111 cm³/mol. The Morgan fingerprint density at radius 1 is 0.967 bits per heavy atom. The zero-order valence-electron chi connectivity index (χ0n) is 18.3. The van der Waals surface area contributed by atoms with Crippen LogP contribution in [-0.4, -0.2) is 72.9 Å². The second-order valence-electron chi connectivity index (χ2n) is 8.25. The molecule has 0 saturated carbocycles. The van der Waals surface area contributed by atoms with Gasteiger partial charge in [-0.05, 0) is 38.5 Å². The lowest BCUT2D eigenvalue weighted by molar-refractivity contribution is -0.131. The van der Waals surface area contributed by atoms with Crippen LogP contribution in [0.2, 0.25) is 0 Å². The number of amides is 2. The third-order valence-corrected chi connectivity index (χ3v) is 5.93. The first-order chi connectivity index (χ1) is 14.5. The highest BCUT2D eigenvalue weighted by Crippen LogP contribution is 2.28. The number of hydrogen-bond acceptors (Lipinski definition) is 6. The third kappa shape index (κ3) is 6.71. The quantitative estimate of drug-likeness (QED) is 0.416. The number of nitrogens with zero attached hydrogens (tertiary/aromatic N) is 2. The van der Waals surface area contributed by atoms with Crippen molar-refractivity contribution in [3.63, 3.8) is 0 Å². The monoisotopic (exact) mass is 424 g/mol. The molecule has 2 aliphatic heterocycles. The largest absolute Gasteiger partial charge is 0.449 e. The van der Waals surface area contributed by atoms with E-state index in [0.29, 0.717) is 58.5 Å². The zero-order chi connectivity index (χ0) is 21.9. The van der Waals surface area contributed by atoms with E-state index in [4.69, 9.17) is 9.47 Å². The minimum Gasteiger partial charge on any atom is -0.449 e. The molecule has 3 unspecified atom stereocenters. The number of carbonyl (C=O) groups excluding carboxylic acids is 4. The minimum absolute atomic E-state index is 0.0833. The van der Waals surface area contributed by atoms with Gasteiger partial charge in [0.05, 0.1) is 19.3 Å². The van der Waals surface area contributed by atoms with Crippen molar-refractivity contribution >= 4 is 24.3 Å². The van der Waals surface area contributed by atoms with Gasteiger partial charge >= 0.3 is 12.2 Å². The van der Waals surface area contributed by atoms with Gasteiger partial charge < -0.3 is 19.2 Å². The van der Waals surface area contributed by atoms with Crippen molar-refractivity contribution in [2.45, 2.75) is 71.3 Å². The summed E-state index contributed by atoms with van der Waals surface area (Å²) in [5.74, 6) is -0.684. The molecule has 30 heavy (non-hydrogen) atoms. The molecule has 8 heteroatoms. The summed E-state index contributed by atoms with van der Waals surface area (Å²) in [4.78, 5) is 52.6. The van der Waals surface area contributed by atoms with Gasteiger partial charge in [0.25, 0.3) is 0 Å². The number of hydrogen-bond donors (Lipinski definition) is 0.